The van der Waals surface area contributed by atoms with Gasteiger partial charge in [0.1, 0.15) is 4.99 Å². The van der Waals surface area contributed by atoms with Gasteiger partial charge in [0.2, 0.25) is 6.79 Å². The summed E-state index contributed by atoms with van der Waals surface area (Å²) >= 11 is 5.03. The summed E-state index contributed by atoms with van der Waals surface area (Å²) in [7, 11) is 0. The summed E-state index contributed by atoms with van der Waals surface area (Å²) in [6.45, 7) is 0.949. The molecule has 1 aromatic heterocycles. The Kier molecular flexibility index (Phi) is 2.97. The van der Waals surface area contributed by atoms with Gasteiger partial charge in [-0.2, -0.15) is 0 Å². The fourth-order valence-corrected chi connectivity index (χ4v) is 2.72. The van der Waals surface area contributed by atoms with Gasteiger partial charge >= 0.3 is 0 Å². The first-order valence-corrected chi connectivity index (χ1v) is 7.25. The van der Waals surface area contributed by atoms with Crippen molar-refractivity contribution in [2.75, 3.05) is 6.79 Å². The molecule has 0 aliphatic carbocycles. The zero-order valence-electron chi connectivity index (χ0n) is 11.7. The van der Waals surface area contributed by atoms with E-state index in [2.05, 4.69) is 9.55 Å². The second-order valence-corrected chi connectivity index (χ2v) is 5.57. The molecule has 0 atom stereocenters. The van der Waals surface area contributed by atoms with Crippen molar-refractivity contribution in [3.63, 3.8) is 0 Å². The first-order chi connectivity index (χ1) is 10.7. The molecule has 2 aromatic carbocycles. The molecule has 0 saturated carbocycles. The zero-order valence-corrected chi connectivity index (χ0v) is 12.5. The average molecular weight is 311 g/mol. The van der Waals surface area contributed by atoms with Gasteiger partial charge < -0.3 is 19.8 Å². The predicted molar refractivity (Wildman–Crippen MR) is 87.3 cm³/mol. The second kappa shape index (κ2) is 4.99. The fraction of sp³-hybridized carbons (Fsp3) is 0.125. The van der Waals surface area contributed by atoms with E-state index in [9.17, 15) is 0 Å². The van der Waals surface area contributed by atoms with E-state index in [0.29, 0.717) is 11.5 Å². The molecule has 110 valence electrons. The molecular weight excluding hydrogens is 298 g/mol. The summed E-state index contributed by atoms with van der Waals surface area (Å²) in [6.07, 6.45) is 1.81. The number of thiocarbonyl (C=S) groups is 1. The fourth-order valence-electron chi connectivity index (χ4n) is 2.59. The third-order valence-corrected chi connectivity index (χ3v) is 3.92. The van der Waals surface area contributed by atoms with Crippen molar-refractivity contribution in [2.45, 2.75) is 6.54 Å². The molecule has 0 radical (unpaired) electrons. The van der Waals surface area contributed by atoms with E-state index in [1.54, 1.807) is 0 Å². The maximum absolute atomic E-state index is 5.69. The van der Waals surface area contributed by atoms with Crippen LogP contribution in [-0.4, -0.2) is 21.3 Å². The van der Waals surface area contributed by atoms with Crippen LogP contribution in [-0.2, 0) is 6.54 Å². The number of fused-ring (bicyclic) bond motifs is 2. The van der Waals surface area contributed by atoms with E-state index in [-0.39, 0.29) is 6.79 Å². The topological polar surface area (TPSA) is 62.3 Å². The lowest BCUT2D eigenvalue weighted by Gasteiger charge is -2.07. The molecule has 0 amide bonds. The minimum absolute atomic E-state index is 0.262. The third kappa shape index (κ3) is 2.17. The Morgan fingerprint density at radius 2 is 2.05 bits per heavy atom. The molecule has 3 aromatic rings. The van der Waals surface area contributed by atoms with Gasteiger partial charge in [-0.1, -0.05) is 30.4 Å². The molecule has 2 N–H and O–H groups in total. The van der Waals surface area contributed by atoms with Gasteiger partial charge in [0.05, 0.1) is 17.4 Å². The van der Waals surface area contributed by atoms with Crippen molar-refractivity contribution in [1.82, 2.24) is 9.55 Å². The lowest BCUT2D eigenvalue weighted by molar-refractivity contribution is 0.174. The van der Waals surface area contributed by atoms with Gasteiger partial charge in [0, 0.05) is 24.2 Å². The summed E-state index contributed by atoms with van der Waals surface area (Å²) < 4.78 is 12.9. The molecule has 1 aliphatic rings. The van der Waals surface area contributed by atoms with Gasteiger partial charge in [-0.05, 0) is 11.6 Å². The number of hydrogen-bond acceptors (Lipinski definition) is 4. The van der Waals surface area contributed by atoms with Crippen molar-refractivity contribution in [1.29, 1.82) is 0 Å². The van der Waals surface area contributed by atoms with Gasteiger partial charge in [-0.15, -0.1) is 0 Å². The maximum Gasteiger partial charge on any atom is 0.231 e. The first-order valence-electron chi connectivity index (χ1n) is 6.84. The van der Waals surface area contributed by atoms with Crippen LogP contribution >= 0.6 is 12.2 Å². The molecule has 6 heteroatoms. The Bertz CT molecular complexity index is 888. The van der Waals surface area contributed by atoms with Gasteiger partial charge in [0.25, 0.3) is 0 Å². The van der Waals surface area contributed by atoms with E-state index >= 15 is 0 Å². The highest BCUT2D eigenvalue weighted by molar-refractivity contribution is 7.80. The second-order valence-electron chi connectivity index (χ2n) is 5.13. The van der Waals surface area contributed by atoms with Crippen LogP contribution in [0.5, 0.6) is 11.5 Å². The predicted octanol–water partition coefficient (Wildman–Crippen LogP) is 2.45. The van der Waals surface area contributed by atoms with Crippen molar-refractivity contribution in [3.05, 3.63) is 53.9 Å². The number of benzene rings is 2. The largest absolute Gasteiger partial charge is 0.454 e. The number of nitrogens with two attached hydrogens (primary N) is 1. The Morgan fingerprint density at radius 1 is 1.23 bits per heavy atom. The van der Waals surface area contributed by atoms with Crippen LogP contribution < -0.4 is 15.2 Å². The molecule has 22 heavy (non-hydrogen) atoms. The Hall–Kier alpha value is -2.60. The Morgan fingerprint density at radius 3 is 2.86 bits per heavy atom. The number of rotatable bonds is 3. The molecule has 1 aliphatic heterocycles. The molecular formula is C16H13N3O2S. The molecule has 0 spiro atoms. The smallest absolute Gasteiger partial charge is 0.231 e. The number of aromatic nitrogens is 2. The van der Waals surface area contributed by atoms with Crippen LogP contribution in [0, 0.1) is 0 Å². The number of hydrogen-bond donors (Lipinski definition) is 1. The SMILES string of the molecule is NC(=S)c1cccc(Cn2cnc3cc4c(cc32)OCO4)c1. The average Bonchev–Trinajstić information content (AvgIpc) is 3.12. The summed E-state index contributed by atoms with van der Waals surface area (Å²) in [5.41, 5.74) is 9.56. The highest BCUT2D eigenvalue weighted by Gasteiger charge is 2.16. The van der Waals surface area contributed by atoms with Crippen molar-refractivity contribution in [2.24, 2.45) is 5.73 Å². The number of ether oxygens (including phenoxy) is 2. The lowest BCUT2D eigenvalue weighted by Crippen LogP contribution is -2.10. The van der Waals surface area contributed by atoms with Crippen LogP contribution in [0.25, 0.3) is 11.0 Å². The van der Waals surface area contributed by atoms with Crippen LogP contribution in [0.15, 0.2) is 42.7 Å². The lowest BCUT2D eigenvalue weighted by atomic mass is 10.1. The highest BCUT2D eigenvalue weighted by atomic mass is 32.1. The third-order valence-electron chi connectivity index (χ3n) is 3.68. The quantitative estimate of drug-likeness (QED) is 0.753. The van der Waals surface area contributed by atoms with Crippen molar-refractivity contribution >= 4 is 28.2 Å². The Balaban J connectivity index is 1.73. The molecule has 0 saturated heterocycles. The molecule has 0 bridgehead atoms. The summed E-state index contributed by atoms with van der Waals surface area (Å²) in [5, 5.41) is 0. The van der Waals surface area contributed by atoms with Crippen LogP contribution in [0.2, 0.25) is 0 Å². The van der Waals surface area contributed by atoms with Gasteiger partial charge in [-0.25, -0.2) is 4.98 Å². The number of nitrogens with zero attached hydrogens (tertiary/aromatic N) is 2. The van der Waals surface area contributed by atoms with E-state index in [1.807, 2.05) is 42.7 Å². The van der Waals surface area contributed by atoms with E-state index in [0.717, 1.165) is 33.7 Å². The monoisotopic (exact) mass is 311 g/mol. The van der Waals surface area contributed by atoms with E-state index < -0.39 is 0 Å². The van der Waals surface area contributed by atoms with Crippen molar-refractivity contribution in [3.8, 4) is 11.5 Å². The normalized spacial score (nSPS) is 12.7. The Labute approximate surface area is 132 Å². The maximum atomic E-state index is 5.69. The first kappa shape index (κ1) is 13.1. The molecule has 5 nitrogen and oxygen atoms in total. The molecule has 2 heterocycles. The van der Waals surface area contributed by atoms with E-state index in [4.69, 9.17) is 27.4 Å². The molecule has 0 fully saturated rings. The van der Waals surface area contributed by atoms with Gasteiger partial charge in [0.15, 0.2) is 11.5 Å². The zero-order chi connectivity index (χ0) is 15.1. The summed E-state index contributed by atoms with van der Waals surface area (Å²) in [4.78, 5) is 4.83. The summed E-state index contributed by atoms with van der Waals surface area (Å²) in [5.74, 6) is 1.50. The standard InChI is InChI=1S/C16H13N3O2S/c17-16(22)11-3-1-2-10(4-11)7-19-8-18-12-5-14-15(6-13(12)19)21-9-20-14/h1-6,8H,7,9H2,(H2,17,22). The minimum atomic E-state index is 0.262. The van der Waals surface area contributed by atoms with Crippen LogP contribution in [0.4, 0.5) is 0 Å². The number of imidazole rings is 1. The van der Waals surface area contributed by atoms with E-state index in [1.165, 1.54) is 0 Å². The van der Waals surface area contributed by atoms with Crippen LogP contribution in [0.1, 0.15) is 11.1 Å². The van der Waals surface area contributed by atoms with Gasteiger partial charge in [-0.3, -0.25) is 0 Å². The summed E-state index contributed by atoms with van der Waals surface area (Å²) in [6, 6.07) is 11.8. The van der Waals surface area contributed by atoms with Crippen LogP contribution in [0.3, 0.4) is 0 Å². The molecule has 4 rings (SSSR count). The highest BCUT2D eigenvalue weighted by Crippen LogP contribution is 2.35. The molecule has 0 unspecified atom stereocenters. The minimum Gasteiger partial charge on any atom is -0.454 e. The van der Waals surface area contributed by atoms with Crippen molar-refractivity contribution < 1.29 is 9.47 Å².